The summed E-state index contributed by atoms with van der Waals surface area (Å²) in [6.07, 6.45) is 1.12. The molecule has 3 heteroatoms. The molecule has 1 aliphatic rings. The average Bonchev–Trinajstić information content (AvgIpc) is 2.90. The van der Waals surface area contributed by atoms with Crippen molar-refractivity contribution in [3.63, 3.8) is 0 Å². The fraction of sp³-hybridized carbons (Fsp3) is 0.571. The Kier molecular flexibility index (Phi) is 4.54. The van der Waals surface area contributed by atoms with Gasteiger partial charge in [-0.25, -0.2) is 0 Å². The molecule has 0 bridgehead atoms. The predicted octanol–water partition coefficient (Wildman–Crippen LogP) is 1.70. The van der Waals surface area contributed by atoms with Gasteiger partial charge in [0.15, 0.2) is 0 Å². The fourth-order valence-corrected chi connectivity index (χ4v) is 2.43. The minimum atomic E-state index is 0.338. The third-order valence-electron chi connectivity index (χ3n) is 3.55. The molecule has 1 aromatic carbocycles. The summed E-state index contributed by atoms with van der Waals surface area (Å²) in [6.45, 7) is 4.58. The van der Waals surface area contributed by atoms with E-state index in [9.17, 15) is 0 Å². The number of hydrogen-bond acceptors (Lipinski definition) is 3. The number of rotatable bonds is 5. The highest BCUT2D eigenvalue weighted by molar-refractivity contribution is 5.18. The molecule has 1 aromatic rings. The van der Waals surface area contributed by atoms with Gasteiger partial charge in [-0.05, 0) is 18.9 Å². The van der Waals surface area contributed by atoms with Crippen molar-refractivity contribution < 1.29 is 4.74 Å². The molecule has 1 heterocycles. The molecule has 3 N–H and O–H groups in total. The molecule has 1 fully saturated rings. The maximum Gasteiger partial charge on any atom is 0.0510 e. The van der Waals surface area contributed by atoms with Crippen LogP contribution in [-0.2, 0) is 4.74 Å². The summed E-state index contributed by atoms with van der Waals surface area (Å²) in [7, 11) is 0. The Balaban J connectivity index is 1.94. The number of ether oxygens (including phenoxy) is 1. The second-order valence-electron chi connectivity index (χ2n) is 4.76. The van der Waals surface area contributed by atoms with Crippen molar-refractivity contribution in [3.8, 4) is 0 Å². The normalized spacial score (nSPS) is 23.5. The molecule has 3 atom stereocenters. The van der Waals surface area contributed by atoms with Crippen LogP contribution in [0.25, 0.3) is 0 Å². The van der Waals surface area contributed by atoms with Gasteiger partial charge in [0.2, 0.25) is 0 Å². The molecule has 3 nitrogen and oxygen atoms in total. The van der Waals surface area contributed by atoms with Crippen LogP contribution in [0.5, 0.6) is 0 Å². The predicted molar refractivity (Wildman–Crippen MR) is 69.8 cm³/mol. The zero-order chi connectivity index (χ0) is 12.1. The van der Waals surface area contributed by atoms with Gasteiger partial charge in [-0.2, -0.15) is 0 Å². The Labute approximate surface area is 103 Å². The molecular formula is C14H22N2O. The van der Waals surface area contributed by atoms with Crippen LogP contribution in [0.2, 0.25) is 0 Å². The van der Waals surface area contributed by atoms with Crippen LogP contribution in [0.1, 0.15) is 24.9 Å². The minimum absolute atomic E-state index is 0.338. The molecule has 0 amide bonds. The molecule has 1 aliphatic heterocycles. The first kappa shape index (κ1) is 12.6. The summed E-state index contributed by atoms with van der Waals surface area (Å²) in [4.78, 5) is 0. The SMILES string of the molecule is CC(NC(CN)C1CCOC1)c1ccccc1. The lowest BCUT2D eigenvalue weighted by atomic mass is 9.97. The quantitative estimate of drug-likeness (QED) is 0.815. The summed E-state index contributed by atoms with van der Waals surface area (Å²) in [5, 5.41) is 3.62. The van der Waals surface area contributed by atoms with Gasteiger partial charge in [-0.15, -0.1) is 0 Å². The molecule has 17 heavy (non-hydrogen) atoms. The van der Waals surface area contributed by atoms with E-state index in [0.29, 0.717) is 24.5 Å². The maximum atomic E-state index is 5.86. The van der Waals surface area contributed by atoms with E-state index in [4.69, 9.17) is 10.5 Å². The van der Waals surface area contributed by atoms with Crippen LogP contribution < -0.4 is 11.1 Å². The number of nitrogens with two attached hydrogens (primary N) is 1. The van der Waals surface area contributed by atoms with Crippen LogP contribution in [-0.4, -0.2) is 25.8 Å². The summed E-state index contributed by atoms with van der Waals surface area (Å²) in [6, 6.07) is 11.2. The molecule has 0 saturated carbocycles. The van der Waals surface area contributed by atoms with Gasteiger partial charge in [0.25, 0.3) is 0 Å². The van der Waals surface area contributed by atoms with E-state index in [1.165, 1.54) is 5.56 Å². The third-order valence-corrected chi connectivity index (χ3v) is 3.55. The first-order chi connectivity index (χ1) is 8.31. The first-order valence-electron chi connectivity index (χ1n) is 6.40. The third kappa shape index (κ3) is 3.28. The largest absolute Gasteiger partial charge is 0.381 e. The summed E-state index contributed by atoms with van der Waals surface area (Å²) < 4.78 is 5.43. The van der Waals surface area contributed by atoms with E-state index in [1.54, 1.807) is 0 Å². The van der Waals surface area contributed by atoms with Crippen molar-refractivity contribution in [2.75, 3.05) is 19.8 Å². The van der Waals surface area contributed by atoms with Gasteiger partial charge >= 0.3 is 0 Å². The molecular weight excluding hydrogens is 212 g/mol. The van der Waals surface area contributed by atoms with E-state index in [1.807, 2.05) is 6.07 Å². The van der Waals surface area contributed by atoms with Gasteiger partial charge in [-0.3, -0.25) is 0 Å². The average molecular weight is 234 g/mol. The Morgan fingerprint density at radius 2 is 2.18 bits per heavy atom. The standard InChI is InChI=1S/C14H22N2O/c1-11(12-5-3-2-4-6-12)16-14(9-15)13-7-8-17-10-13/h2-6,11,13-14,16H,7-10,15H2,1H3. The maximum absolute atomic E-state index is 5.86. The zero-order valence-corrected chi connectivity index (χ0v) is 10.4. The lowest BCUT2D eigenvalue weighted by molar-refractivity contribution is 0.175. The minimum Gasteiger partial charge on any atom is -0.381 e. The molecule has 3 unspecified atom stereocenters. The Morgan fingerprint density at radius 3 is 2.76 bits per heavy atom. The monoisotopic (exact) mass is 234 g/mol. The molecule has 2 rings (SSSR count). The van der Waals surface area contributed by atoms with Crippen molar-refractivity contribution in [1.29, 1.82) is 0 Å². The second kappa shape index (κ2) is 6.15. The lowest BCUT2D eigenvalue weighted by Gasteiger charge is -2.26. The molecule has 0 aliphatic carbocycles. The van der Waals surface area contributed by atoms with Gasteiger partial charge in [0.1, 0.15) is 0 Å². The van der Waals surface area contributed by atoms with Gasteiger partial charge in [0.05, 0.1) is 6.61 Å². The van der Waals surface area contributed by atoms with E-state index in [0.717, 1.165) is 19.6 Å². The lowest BCUT2D eigenvalue weighted by Crippen LogP contribution is -2.43. The van der Waals surface area contributed by atoms with Crippen LogP contribution in [0.4, 0.5) is 0 Å². The summed E-state index contributed by atoms with van der Waals surface area (Å²) in [5.74, 6) is 0.561. The Morgan fingerprint density at radius 1 is 1.41 bits per heavy atom. The van der Waals surface area contributed by atoms with E-state index in [-0.39, 0.29) is 0 Å². The molecule has 0 spiro atoms. The topological polar surface area (TPSA) is 47.3 Å². The Hall–Kier alpha value is -0.900. The highest BCUT2D eigenvalue weighted by Crippen LogP contribution is 2.19. The highest BCUT2D eigenvalue weighted by atomic mass is 16.5. The van der Waals surface area contributed by atoms with Crippen molar-refractivity contribution in [2.45, 2.75) is 25.4 Å². The van der Waals surface area contributed by atoms with Crippen molar-refractivity contribution in [3.05, 3.63) is 35.9 Å². The van der Waals surface area contributed by atoms with E-state index in [2.05, 4.69) is 36.5 Å². The first-order valence-corrected chi connectivity index (χ1v) is 6.40. The summed E-state index contributed by atoms with van der Waals surface area (Å²) in [5.41, 5.74) is 7.17. The summed E-state index contributed by atoms with van der Waals surface area (Å²) >= 11 is 0. The zero-order valence-electron chi connectivity index (χ0n) is 10.4. The molecule has 0 aromatic heterocycles. The van der Waals surface area contributed by atoms with Gasteiger partial charge < -0.3 is 15.8 Å². The van der Waals surface area contributed by atoms with Crippen molar-refractivity contribution >= 4 is 0 Å². The number of nitrogens with one attached hydrogen (secondary N) is 1. The van der Waals surface area contributed by atoms with Crippen molar-refractivity contribution in [2.24, 2.45) is 11.7 Å². The van der Waals surface area contributed by atoms with Gasteiger partial charge in [-0.1, -0.05) is 30.3 Å². The van der Waals surface area contributed by atoms with Crippen LogP contribution in [0, 0.1) is 5.92 Å². The number of hydrogen-bond donors (Lipinski definition) is 2. The van der Waals surface area contributed by atoms with Crippen LogP contribution in [0.15, 0.2) is 30.3 Å². The van der Waals surface area contributed by atoms with Gasteiger partial charge in [0, 0.05) is 31.2 Å². The molecule has 1 saturated heterocycles. The highest BCUT2D eigenvalue weighted by Gasteiger charge is 2.25. The number of benzene rings is 1. The van der Waals surface area contributed by atoms with E-state index < -0.39 is 0 Å². The van der Waals surface area contributed by atoms with E-state index >= 15 is 0 Å². The Bertz CT molecular complexity index is 322. The van der Waals surface area contributed by atoms with Crippen LogP contribution in [0.3, 0.4) is 0 Å². The fourth-order valence-electron chi connectivity index (χ4n) is 2.43. The molecule has 94 valence electrons. The van der Waals surface area contributed by atoms with Crippen LogP contribution >= 0.6 is 0 Å². The van der Waals surface area contributed by atoms with Crippen molar-refractivity contribution in [1.82, 2.24) is 5.32 Å². The smallest absolute Gasteiger partial charge is 0.0510 e. The second-order valence-corrected chi connectivity index (χ2v) is 4.76. The molecule has 0 radical (unpaired) electrons.